The molecule has 1 aromatic heterocycles. The van der Waals surface area contributed by atoms with Crippen molar-refractivity contribution in [3.63, 3.8) is 0 Å². The van der Waals surface area contributed by atoms with Crippen molar-refractivity contribution in [1.82, 2.24) is 4.98 Å². The molecule has 0 aliphatic carbocycles. The number of anilines is 1. The van der Waals surface area contributed by atoms with E-state index in [4.69, 9.17) is 4.74 Å². The molecular weight excluding hydrogens is 257 g/mol. The third kappa shape index (κ3) is 3.18. The number of hydrogen-bond donors (Lipinski definition) is 0. The Kier molecular flexibility index (Phi) is 3.71. The minimum absolute atomic E-state index is 0.261. The van der Waals surface area contributed by atoms with Crippen molar-refractivity contribution in [1.29, 1.82) is 0 Å². The molecule has 6 heteroatoms. The van der Waals surface area contributed by atoms with E-state index in [2.05, 4.69) is 4.98 Å². The lowest BCUT2D eigenvalue weighted by Crippen LogP contribution is -2.50. The highest BCUT2D eigenvalue weighted by Crippen LogP contribution is 2.30. The lowest BCUT2D eigenvalue weighted by atomic mass is 10.0. The normalized spacial score (nSPS) is 24.6. The van der Waals surface area contributed by atoms with Gasteiger partial charge in [-0.2, -0.15) is 13.2 Å². The van der Waals surface area contributed by atoms with Crippen molar-refractivity contribution < 1.29 is 17.9 Å². The largest absolute Gasteiger partial charge is 0.417 e. The summed E-state index contributed by atoms with van der Waals surface area (Å²) in [7, 11) is 0. The first kappa shape index (κ1) is 14.1. The van der Waals surface area contributed by atoms with Gasteiger partial charge in [-0.15, -0.1) is 0 Å². The summed E-state index contributed by atoms with van der Waals surface area (Å²) in [6.07, 6.45) is -2.60. The average molecular weight is 274 g/mol. The van der Waals surface area contributed by atoms with Gasteiger partial charge in [0.05, 0.1) is 17.8 Å². The standard InChI is InChI=1S/C13H17F3N2O/c1-3-12(2)9-18(6-7-19-12)11-5-4-10(8-17-11)13(14,15)16/h4-5,8H,3,6-7,9H2,1-2H3. The molecule has 0 bridgehead atoms. The maximum absolute atomic E-state index is 12.5. The number of alkyl halides is 3. The van der Waals surface area contributed by atoms with Gasteiger partial charge in [0.25, 0.3) is 0 Å². The molecule has 2 rings (SSSR count). The molecule has 3 nitrogen and oxygen atoms in total. The fraction of sp³-hybridized carbons (Fsp3) is 0.615. The van der Waals surface area contributed by atoms with E-state index in [0.717, 1.165) is 18.7 Å². The molecular formula is C13H17F3N2O. The van der Waals surface area contributed by atoms with E-state index in [1.165, 1.54) is 6.07 Å². The highest BCUT2D eigenvalue weighted by atomic mass is 19.4. The van der Waals surface area contributed by atoms with E-state index in [1.54, 1.807) is 0 Å². The lowest BCUT2D eigenvalue weighted by Gasteiger charge is -2.40. The maximum atomic E-state index is 12.5. The zero-order valence-corrected chi connectivity index (χ0v) is 11.0. The van der Waals surface area contributed by atoms with Gasteiger partial charge >= 0.3 is 6.18 Å². The molecule has 1 fully saturated rings. The summed E-state index contributed by atoms with van der Waals surface area (Å²) in [4.78, 5) is 5.88. The Balaban J connectivity index is 2.14. The van der Waals surface area contributed by atoms with E-state index in [-0.39, 0.29) is 5.60 Å². The van der Waals surface area contributed by atoms with Crippen LogP contribution in [0, 0.1) is 0 Å². The smallest absolute Gasteiger partial charge is 0.372 e. The minimum atomic E-state index is -4.34. The van der Waals surface area contributed by atoms with Gasteiger partial charge in [-0.05, 0) is 25.5 Å². The van der Waals surface area contributed by atoms with Crippen LogP contribution in [-0.4, -0.2) is 30.3 Å². The van der Waals surface area contributed by atoms with Crippen molar-refractivity contribution in [3.05, 3.63) is 23.9 Å². The second-order valence-corrected chi connectivity index (χ2v) is 4.98. The molecule has 1 atom stereocenters. The van der Waals surface area contributed by atoms with Crippen LogP contribution in [0.3, 0.4) is 0 Å². The predicted molar refractivity (Wildman–Crippen MR) is 66.1 cm³/mol. The molecule has 0 radical (unpaired) electrons. The molecule has 0 N–H and O–H groups in total. The quantitative estimate of drug-likeness (QED) is 0.828. The summed E-state index contributed by atoms with van der Waals surface area (Å²) in [5.41, 5.74) is -0.981. The summed E-state index contributed by atoms with van der Waals surface area (Å²) in [6, 6.07) is 2.49. The van der Waals surface area contributed by atoms with Gasteiger partial charge in [0.1, 0.15) is 5.82 Å². The van der Waals surface area contributed by atoms with E-state index < -0.39 is 11.7 Å². The van der Waals surface area contributed by atoms with Crippen molar-refractivity contribution >= 4 is 5.82 Å². The van der Waals surface area contributed by atoms with Gasteiger partial charge in [-0.25, -0.2) is 4.98 Å². The highest BCUT2D eigenvalue weighted by Gasteiger charge is 2.33. The van der Waals surface area contributed by atoms with E-state index in [1.807, 2.05) is 18.7 Å². The first-order valence-electron chi connectivity index (χ1n) is 6.26. The van der Waals surface area contributed by atoms with Crippen molar-refractivity contribution in [2.45, 2.75) is 32.0 Å². The molecule has 1 aliphatic heterocycles. The summed E-state index contributed by atoms with van der Waals surface area (Å²) in [5, 5.41) is 0. The second-order valence-electron chi connectivity index (χ2n) is 4.98. The fourth-order valence-corrected chi connectivity index (χ4v) is 2.08. The number of halogens is 3. The Morgan fingerprint density at radius 2 is 2.16 bits per heavy atom. The van der Waals surface area contributed by atoms with Gasteiger partial charge in [0.15, 0.2) is 0 Å². The Labute approximate surface area is 110 Å². The monoisotopic (exact) mass is 274 g/mol. The summed E-state index contributed by atoms with van der Waals surface area (Å²) >= 11 is 0. The number of pyridine rings is 1. The molecule has 19 heavy (non-hydrogen) atoms. The Morgan fingerprint density at radius 3 is 2.68 bits per heavy atom. The van der Waals surface area contributed by atoms with Crippen LogP contribution in [0.1, 0.15) is 25.8 Å². The number of nitrogens with zero attached hydrogens (tertiary/aromatic N) is 2. The highest BCUT2D eigenvalue weighted by molar-refractivity contribution is 5.40. The number of hydrogen-bond acceptors (Lipinski definition) is 3. The third-order valence-electron chi connectivity index (χ3n) is 3.48. The Morgan fingerprint density at radius 1 is 1.42 bits per heavy atom. The van der Waals surface area contributed by atoms with Crippen LogP contribution < -0.4 is 4.90 Å². The van der Waals surface area contributed by atoms with Crippen molar-refractivity contribution in [3.8, 4) is 0 Å². The van der Waals surface area contributed by atoms with Crippen molar-refractivity contribution in [2.75, 3.05) is 24.6 Å². The SMILES string of the molecule is CCC1(C)CN(c2ccc(C(F)(F)F)cn2)CCO1. The van der Waals surface area contributed by atoms with Crippen LogP contribution in [-0.2, 0) is 10.9 Å². The van der Waals surface area contributed by atoms with E-state index in [9.17, 15) is 13.2 Å². The molecule has 1 saturated heterocycles. The molecule has 0 spiro atoms. The van der Waals surface area contributed by atoms with Gasteiger partial charge in [0, 0.05) is 19.3 Å². The molecule has 1 aromatic rings. The second kappa shape index (κ2) is 5.00. The molecule has 0 amide bonds. The van der Waals surface area contributed by atoms with Crippen LogP contribution in [0.2, 0.25) is 0 Å². The van der Waals surface area contributed by atoms with E-state index >= 15 is 0 Å². The molecule has 0 saturated carbocycles. The molecule has 1 aliphatic rings. The maximum Gasteiger partial charge on any atom is 0.417 e. The van der Waals surface area contributed by atoms with Crippen LogP contribution >= 0.6 is 0 Å². The van der Waals surface area contributed by atoms with Crippen LogP contribution in [0.4, 0.5) is 19.0 Å². The lowest BCUT2D eigenvalue weighted by molar-refractivity contribution is -0.137. The van der Waals surface area contributed by atoms with E-state index in [0.29, 0.717) is 25.5 Å². The van der Waals surface area contributed by atoms with Gasteiger partial charge < -0.3 is 9.64 Å². The third-order valence-corrected chi connectivity index (χ3v) is 3.48. The fourth-order valence-electron chi connectivity index (χ4n) is 2.08. The minimum Gasteiger partial charge on any atom is -0.372 e. The van der Waals surface area contributed by atoms with Gasteiger partial charge in [-0.1, -0.05) is 6.92 Å². The van der Waals surface area contributed by atoms with Crippen LogP contribution in [0.25, 0.3) is 0 Å². The predicted octanol–water partition coefficient (Wildman–Crippen LogP) is 3.11. The first-order chi connectivity index (χ1) is 8.84. The summed E-state index contributed by atoms with van der Waals surface area (Å²) < 4.78 is 43.1. The number of morpholine rings is 1. The zero-order chi connectivity index (χ0) is 14.1. The summed E-state index contributed by atoms with van der Waals surface area (Å²) in [6.45, 7) is 5.88. The Bertz CT molecular complexity index is 433. The topological polar surface area (TPSA) is 25.4 Å². The number of rotatable bonds is 2. The number of ether oxygens (including phenoxy) is 1. The summed E-state index contributed by atoms with van der Waals surface area (Å²) in [5.74, 6) is 0.566. The molecule has 1 unspecified atom stereocenters. The number of aromatic nitrogens is 1. The van der Waals surface area contributed by atoms with Gasteiger partial charge in [0.2, 0.25) is 0 Å². The zero-order valence-electron chi connectivity index (χ0n) is 11.0. The van der Waals surface area contributed by atoms with Crippen LogP contribution in [0.15, 0.2) is 18.3 Å². The van der Waals surface area contributed by atoms with Crippen LogP contribution in [0.5, 0.6) is 0 Å². The van der Waals surface area contributed by atoms with Crippen molar-refractivity contribution in [2.24, 2.45) is 0 Å². The first-order valence-corrected chi connectivity index (χ1v) is 6.26. The molecule has 0 aromatic carbocycles. The Hall–Kier alpha value is -1.30. The van der Waals surface area contributed by atoms with Gasteiger partial charge in [-0.3, -0.25) is 0 Å². The average Bonchev–Trinajstić information content (AvgIpc) is 2.38. The molecule has 2 heterocycles. The molecule has 106 valence electrons.